The molecule has 0 unspecified atom stereocenters. The maximum absolute atomic E-state index is 12.0. The number of carbonyl (C=O) groups is 1. The van der Waals surface area contributed by atoms with Crippen LogP contribution in [0.1, 0.15) is 30.4 Å². The fourth-order valence-corrected chi connectivity index (χ4v) is 3.49. The maximum atomic E-state index is 12.0. The van der Waals surface area contributed by atoms with Crippen molar-refractivity contribution in [1.29, 1.82) is 0 Å². The molecule has 8 nitrogen and oxygen atoms in total. The van der Waals surface area contributed by atoms with Gasteiger partial charge in [-0.1, -0.05) is 36.4 Å². The zero-order valence-corrected chi connectivity index (χ0v) is 19.5. The molecular weight excluding hydrogens is 430 g/mol. The van der Waals surface area contributed by atoms with Crippen molar-refractivity contribution >= 4 is 17.7 Å². The van der Waals surface area contributed by atoms with Gasteiger partial charge in [-0.05, 0) is 56.1 Å². The van der Waals surface area contributed by atoms with E-state index in [-0.39, 0.29) is 16.5 Å². The van der Waals surface area contributed by atoms with Gasteiger partial charge >= 0.3 is 0 Å². The van der Waals surface area contributed by atoms with E-state index < -0.39 is 0 Å². The minimum absolute atomic E-state index is 0.0258. The van der Waals surface area contributed by atoms with Gasteiger partial charge in [-0.3, -0.25) is 14.9 Å². The summed E-state index contributed by atoms with van der Waals surface area (Å²) in [5.74, 6) is 0.0258. The number of aromatic nitrogens is 2. The monoisotopic (exact) mass is 461 g/mol. The molecule has 0 atom stereocenters. The minimum atomic E-state index is -0.382. The van der Waals surface area contributed by atoms with Gasteiger partial charge in [0.25, 0.3) is 5.69 Å². The Labute approximate surface area is 200 Å². The number of benzene rings is 2. The molecule has 3 rings (SSSR count). The number of imidazole rings is 1. The second-order valence-corrected chi connectivity index (χ2v) is 8.20. The fourth-order valence-electron chi connectivity index (χ4n) is 3.49. The second-order valence-electron chi connectivity index (χ2n) is 8.20. The highest BCUT2D eigenvalue weighted by Gasteiger charge is 2.05. The van der Waals surface area contributed by atoms with E-state index in [1.165, 1.54) is 0 Å². The quantitative estimate of drug-likeness (QED) is 0.233. The highest BCUT2D eigenvalue weighted by Crippen LogP contribution is 2.13. The van der Waals surface area contributed by atoms with Gasteiger partial charge in [-0.15, -0.1) is 0 Å². The molecule has 0 saturated carbocycles. The summed E-state index contributed by atoms with van der Waals surface area (Å²) in [6.07, 6.45) is 12.4. The maximum Gasteiger partial charge on any atom is 0.269 e. The van der Waals surface area contributed by atoms with Crippen LogP contribution in [-0.2, 0) is 11.2 Å². The summed E-state index contributed by atoms with van der Waals surface area (Å²) in [6, 6.07) is 14.8. The average Bonchev–Trinajstić information content (AvgIpc) is 3.38. The Balaban J connectivity index is 1.25. The number of likely N-dealkylation sites (N-methyl/N-ethyl adjacent to an activating group) is 1. The Morgan fingerprint density at radius 3 is 2.56 bits per heavy atom. The van der Waals surface area contributed by atoms with Crippen molar-refractivity contribution in [3.63, 3.8) is 0 Å². The van der Waals surface area contributed by atoms with Crippen molar-refractivity contribution in [2.75, 3.05) is 26.7 Å². The first-order valence-electron chi connectivity index (χ1n) is 11.4. The van der Waals surface area contributed by atoms with Crippen LogP contribution in [0.4, 0.5) is 5.69 Å². The zero-order valence-electron chi connectivity index (χ0n) is 19.5. The van der Waals surface area contributed by atoms with Crippen LogP contribution in [0, 0.1) is 10.1 Å². The summed E-state index contributed by atoms with van der Waals surface area (Å²) in [7, 11) is 2.07. The van der Waals surface area contributed by atoms with Crippen LogP contribution in [0.2, 0.25) is 0 Å². The summed E-state index contributed by atoms with van der Waals surface area (Å²) >= 11 is 0. The molecule has 178 valence electrons. The Morgan fingerprint density at radius 1 is 1.12 bits per heavy atom. The van der Waals surface area contributed by atoms with Gasteiger partial charge in [0.15, 0.2) is 0 Å². The topological polar surface area (TPSA) is 93.3 Å². The third-order valence-electron chi connectivity index (χ3n) is 5.53. The van der Waals surface area contributed by atoms with Gasteiger partial charge in [0.05, 0.1) is 11.3 Å². The first-order valence-corrected chi connectivity index (χ1v) is 11.4. The van der Waals surface area contributed by atoms with Gasteiger partial charge in [0, 0.05) is 49.7 Å². The second kappa shape index (κ2) is 13.1. The zero-order chi connectivity index (χ0) is 24.2. The van der Waals surface area contributed by atoms with E-state index in [0.29, 0.717) is 13.0 Å². The Morgan fingerprint density at radius 2 is 1.88 bits per heavy atom. The number of amides is 1. The molecule has 2 aromatic carbocycles. The summed E-state index contributed by atoms with van der Waals surface area (Å²) in [5.41, 5.74) is 3.31. The van der Waals surface area contributed by atoms with Crippen LogP contribution >= 0.6 is 0 Å². The van der Waals surface area contributed by atoms with Crippen LogP contribution in [0.25, 0.3) is 11.8 Å². The van der Waals surface area contributed by atoms with Crippen LogP contribution in [0.5, 0.6) is 0 Å². The van der Waals surface area contributed by atoms with Crippen molar-refractivity contribution in [3.8, 4) is 5.69 Å². The molecule has 1 heterocycles. The van der Waals surface area contributed by atoms with E-state index in [0.717, 1.165) is 49.2 Å². The van der Waals surface area contributed by atoms with E-state index in [4.69, 9.17) is 0 Å². The third kappa shape index (κ3) is 8.29. The molecule has 34 heavy (non-hydrogen) atoms. The van der Waals surface area contributed by atoms with Gasteiger partial charge in [0.1, 0.15) is 0 Å². The van der Waals surface area contributed by atoms with Crippen LogP contribution in [0.15, 0.2) is 73.3 Å². The number of nitro groups is 1. The van der Waals surface area contributed by atoms with E-state index in [2.05, 4.69) is 22.2 Å². The van der Waals surface area contributed by atoms with Crippen molar-refractivity contribution in [2.45, 2.75) is 25.7 Å². The van der Waals surface area contributed by atoms with Crippen LogP contribution in [-0.4, -0.2) is 52.0 Å². The Bertz CT molecular complexity index is 1060. The van der Waals surface area contributed by atoms with Gasteiger partial charge in [-0.2, -0.15) is 0 Å². The number of nitrogens with zero attached hydrogens (tertiary/aromatic N) is 4. The van der Waals surface area contributed by atoms with Gasteiger partial charge in [0.2, 0.25) is 5.91 Å². The summed E-state index contributed by atoms with van der Waals surface area (Å²) in [5, 5.41) is 13.7. The number of carbonyl (C=O) groups excluding carboxylic acids is 1. The summed E-state index contributed by atoms with van der Waals surface area (Å²) < 4.78 is 1.94. The number of unbranched alkanes of at least 4 members (excludes halogenated alkanes) is 1. The molecule has 3 aromatic rings. The number of nitro benzene ring substituents is 1. The largest absolute Gasteiger partial charge is 0.356 e. The summed E-state index contributed by atoms with van der Waals surface area (Å²) in [4.78, 5) is 28.7. The molecule has 0 aliphatic heterocycles. The number of hydrogen-bond acceptors (Lipinski definition) is 5. The standard InChI is InChI=1S/C26H31N5O3/c1-29(19-15-23-9-13-25(14-10-23)31(33)34)18-3-2-16-28-26(32)6-4-5-22-7-11-24(12-8-22)30-20-17-27-21-30/h4-5,7-14,17,20-21H,2-3,6,15-16,18-19H2,1H3,(H,28,32). The smallest absolute Gasteiger partial charge is 0.269 e. The molecule has 0 saturated heterocycles. The number of non-ortho nitro benzene ring substituents is 1. The molecule has 1 aromatic heterocycles. The first kappa shape index (κ1) is 24.9. The number of hydrogen-bond donors (Lipinski definition) is 1. The molecular formula is C26H31N5O3. The van der Waals surface area contributed by atoms with E-state index in [1.807, 2.05) is 59.3 Å². The third-order valence-corrected chi connectivity index (χ3v) is 5.53. The Kier molecular flexibility index (Phi) is 9.54. The van der Waals surface area contributed by atoms with Crippen molar-refractivity contribution in [2.24, 2.45) is 0 Å². The lowest BCUT2D eigenvalue weighted by atomic mass is 10.1. The molecule has 0 fully saturated rings. The average molecular weight is 462 g/mol. The normalized spacial score (nSPS) is 11.2. The van der Waals surface area contributed by atoms with Crippen molar-refractivity contribution < 1.29 is 9.72 Å². The van der Waals surface area contributed by atoms with Gasteiger partial charge in [-0.25, -0.2) is 4.98 Å². The highest BCUT2D eigenvalue weighted by atomic mass is 16.6. The Hall–Kier alpha value is -3.78. The molecule has 0 bridgehead atoms. The number of nitrogens with one attached hydrogen (secondary N) is 1. The lowest BCUT2D eigenvalue weighted by Gasteiger charge is -2.16. The van der Waals surface area contributed by atoms with Crippen molar-refractivity contribution in [3.05, 3.63) is 94.6 Å². The van der Waals surface area contributed by atoms with E-state index in [1.54, 1.807) is 24.7 Å². The first-order chi connectivity index (χ1) is 16.5. The molecule has 1 N–H and O–H groups in total. The van der Waals surface area contributed by atoms with Crippen LogP contribution < -0.4 is 5.32 Å². The lowest BCUT2D eigenvalue weighted by Crippen LogP contribution is -2.26. The predicted octanol–water partition coefficient (Wildman–Crippen LogP) is 4.25. The molecule has 0 radical (unpaired) electrons. The van der Waals surface area contributed by atoms with E-state index >= 15 is 0 Å². The predicted molar refractivity (Wildman–Crippen MR) is 134 cm³/mol. The SMILES string of the molecule is CN(CCCCNC(=O)CC=Cc1ccc(-n2ccnc2)cc1)CCc1ccc([N+](=O)[O-])cc1. The highest BCUT2D eigenvalue weighted by molar-refractivity contribution is 5.78. The molecule has 0 aliphatic carbocycles. The lowest BCUT2D eigenvalue weighted by molar-refractivity contribution is -0.384. The van der Waals surface area contributed by atoms with Gasteiger partial charge < -0.3 is 14.8 Å². The fraction of sp³-hybridized carbons (Fsp3) is 0.308. The van der Waals surface area contributed by atoms with Crippen LogP contribution in [0.3, 0.4) is 0 Å². The minimum Gasteiger partial charge on any atom is -0.356 e. The van der Waals surface area contributed by atoms with Crippen molar-refractivity contribution in [1.82, 2.24) is 19.8 Å². The molecule has 1 amide bonds. The number of rotatable bonds is 13. The molecule has 0 aliphatic rings. The summed E-state index contributed by atoms with van der Waals surface area (Å²) in [6.45, 7) is 2.50. The molecule has 8 heteroatoms. The van der Waals surface area contributed by atoms with E-state index in [9.17, 15) is 14.9 Å². The molecule has 0 spiro atoms.